The zero-order valence-corrected chi connectivity index (χ0v) is 12.1. The summed E-state index contributed by atoms with van der Waals surface area (Å²) in [6.07, 6.45) is 8.67. The van der Waals surface area contributed by atoms with E-state index in [0.717, 1.165) is 37.2 Å². The monoisotopic (exact) mass is 282 g/mol. The molecule has 21 heavy (non-hydrogen) atoms. The number of carbonyl (C=O) groups excluding carboxylic acids is 1. The van der Waals surface area contributed by atoms with Gasteiger partial charge in [-0.1, -0.05) is 0 Å². The SMILES string of the molecule is Cc1cncnc1C1CCN(C(=O)c2cccnc2)CC1. The van der Waals surface area contributed by atoms with Crippen LogP contribution >= 0.6 is 0 Å². The van der Waals surface area contributed by atoms with E-state index in [1.54, 1.807) is 24.8 Å². The van der Waals surface area contributed by atoms with Gasteiger partial charge < -0.3 is 4.90 Å². The van der Waals surface area contributed by atoms with Crippen LogP contribution in [0.1, 0.15) is 40.4 Å². The highest BCUT2D eigenvalue weighted by atomic mass is 16.2. The molecular formula is C16H18N4O. The van der Waals surface area contributed by atoms with Crippen molar-refractivity contribution in [1.82, 2.24) is 19.9 Å². The maximum Gasteiger partial charge on any atom is 0.255 e. The van der Waals surface area contributed by atoms with Crippen LogP contribution in [0.25, 0.3) is 0 Å². The summed E-state index contributed by atoms with van der Waals surface area (Å²) in [7, 11) is 0. The highest BCUT2D eigenvalue weighted by Crippen LogP contribution is 2.28. The van der Waals surface area contributed by atoms with Gasteiger partial charge in [-0.2, -0.15) is 0 Å². The molecule has 2 aromatic heterocycles. The topological polar surface area (TPSA) is 59.0 Å². The summed E-state index contributed by atoms with van der Waals surface area (Å²) in [5, 5.41) is 0. The molecule has 1 aliphatic rings. The summed E-state index contributed by atoms with van der Waals surface area (Å²) in [6.45, 7) is 3.58. The molecule has 2 aromatic rings. The number of nitrogens with zero attached hydrogens (tertiary/aromatic N) is 4. The van der Waals surface area contributed by atoms with Crippen LogP contribution in [-0.2, 0) is 0 Å². The predicted octanol–water partition coefficient (Wildman–Crippen LogP) is 2.20. The van der Waals surface area contributed by atoms with Gasteiger partial charge in [0.1, 0.15) is 6.33 Å². The Morgan fingerprint density at radius 2 is 2.05 bits per heavy atom. The van der Waals surface area contributed by atoms with E-state index in [0.29, 0.717) is 11.5 Å². The highest BCUT2D eigenvalue weighted by Gasteiger charge is 2.26. The molecule has 5 heteroatoms. The molecule has 0 N–H and O–H groups in total. The Balaban J connectivity index is 1.66. The van der Waals surface area contributed by atoms with Gasteiger partial charge in [0.05, 0.1) is 5.56 Å². The lowest BCUT2D eigenvalue weighted by molar-refractivity contribution is 0.0711. The van der Waals surface area contributed by atoms with Gasteiger partial charge >= 0.3 is 0 Å². The summed E-state index contributed by atoms with van der Waals surface area (Å²) >= 11 is 0. The Morgan fingerprint density at radius 3 is 2.71 bits per heavy atom. The summed E-state index contributed by atoms with van der Waals surface area (Å²) < 4.78 is 0. The van der Waals surface area contributed by atoms with E-state index in [4.69, 9.17) is 0 Å². The zero-order chi connectivity index (χ0) is 14.7. The first kappa shape index (κ1) is 13.7. The number of amides is 1. The van der Waals surface area contributed by atoms with Gasteiger partial charge in [-0.05, 0) is 37.5 Å². The minimum absolute atomic E-state index is 0.0703. The first-order chi connectivity index (χ1) is 10.3. The molecule has 0 aliphatic carbocycles. The fourth-order valence-corrected chi connectivity index (χ4v) is 2.86. The Kier molecular flexibility index (Phi) is 3.90. The predicted molar refractivity (Wildman–Crippen MR) is 78.9 cm³/mol. The number of pyridine rings is 1. The zero-order valence-electron chi connectivity index (χ0n) is 12.1. The van der Waals surface area contributed by atoms with Crippen molar-refractivity contribution in [1.29, 1.82) is 0 Å². The highest BCUT2D eigenvalue weighted by molar-refractivity contribution is 5.93. The lowest BCUT2D eigenvalue weighted by Crippen LogP contribution is -2.38. The van der Waals surface area contributed by atoms with Crippen molar-refractivity contribution < 1.29 is 4.79 Å². The minimum atomic E-state index is 0.0703. The number of hydrogen-bond acceptors (Lipinski definition) is 4. The number of likely N-dealkylation sites (tertiary alicyclic amines) is 1. The Labute approximate surface area is 124 Å². The van der Waals surface area contributed by atoms with Crippen LogP contribution in [0.2, 0.25) is 0 Å². The molecule has 0 radical (unpaired) electrons. The van der Waals surface area contributed by atoms with Crippen molar-refractivity contribution >= 4 is 5.91 Å². The van der Waals surface area contributed by atoms with Gasteiger partial charge in [-0.15, -0.1) is 0 Å². The molecule has 108 valence electrons. The smallest absolute Gasteiger partial charge is 0.255 e. The maximum absolute atomic E-state index is 12.4. The number of rotatable bonds is 2. The first-order valence-corrected chi connectivity index (χ1v) is 7.21. The van der Waals surface area contributed by atoms with Crippen LogP contribution in [0, 0.1) is 6.92 Å². The molecule has 3 heterocycles. The van der Waals surface area contributed by atoms with Gasteiger partial charge in [-0.3, -0.25) is 9.78 Å². The van der Waals surface area contributed by atoms with Crippen LogP contribution in [0.4, 0.5) is 0 Å². The minimum Gasteiger partial charge on any atom is -0.339 e. The molecule has 5 nitrogen and oxygen atoms in total. The molecule has 1 fully saturated rings. The summed E-state index contributed by atoms with van der Waals surface area (Å²) in [5.41, 5.74) is 2.92. The van der Waals surface area contributed by atoms with E-state index in [-0.39, 0.29) is 5.91 Å². The number of aromatic nitrogens is 3. The van der Waals surface area contributed by atoms with E-state index in [2.05, 4.69) is 15.0 Å². The lowest BCUT2D eigenvalue weighted by Gasteiger charge is -2.32. The molecule has 0 bridgehead atoms. The largest absolute Gasteiger partial charge is 0.339 e. The molecule has 3 rings (SSSR count). The second kappa shape index (κ2) is 5.99. The van der Waals surface area contributed by atoms with E-state index in [1.807, 2.05) is 24.1 Å². The second-order valence-electron chi connectivity index (χ2n) is 5.40. The molecule has 0 unspecified atom stereocenters. The van der Waals surface area contributed by atoms with Crippen molar-refractivity contribution in [2.75, 3.05) is 13.1 Å². The fourth-order valence-electron chi connectivity index (χ4n) is 2.86. The Morgan fingerprint density at radius 1 is 1.24 bits per heavy atom. The third kappa shape index (κ3) is 2.91. The van der Waals surface area contributed by atoms with Crippen LogP contribution in [-0.4, -0.2) is 38.8 Å². The normalized spacial score (nSPS) is 16.0. The van der Waals surface area contributed by atoms with Gasteiger partial charge in [0.2, 0.25) is 0 Å². The number of aryl methyl sites for hydroxylation is 1. The lowest BCUT2D eigenvalue weighted by atomic mass is 9.91. The van der Waals surface area contributed by atoms with Crippen molar-refractivity contribution in [3.63, 3.8) is 0 Å². The quantitative estimate of drug-likeness (QED) is 0.847. The summed E-state index contributed by atoms with van der Waals surface area (Å²) in [6, 6.07) is 3.61. The van der Waals surface area contributed by atoms with Gasteiger partial charge in [-0.25, -0.2) is 9.97 Å². The van der Waals surface area contributed by atoms with Gasteiger partial charge in [0, 0.05) is 43.3 Å². The van der Waals surface area contributed by atoms with Crippen LogP contribution in [0.15, 0.2) is 37.1 Å². The van der Waals surface area contributed by atoms with E-state index in [1.165, 1.54) is 0 Å². The fraction of sp³-hybridized carbons (Fsp3) is 0.375. The number of carbonyl (C=O) groups is 1. The molecule has 0 spiro atoms. The van der Waals surface area contributed by atoms with Crippen LogP contribution < -0.4 is 0 Å². The summed E-state index contributed by atoms with van der Waals surface area (Å²) in [5.74, 6) is 0.493. The van der Waals surface area contributed by atoms with Crippen molar-refractivity contribution in [2.24, 2.45) is 0 Å². The van der Waals surface area contributed by atoms with Crippen LogP contribution in [0.3, 0.4) is 0 Å². The molecular weight excluding hydrogens is 264 g/mol. The van der Waals surface area contributed by atoms with E-state index >= 15 is 0 Å². The molecule has 1 aliphatic heterocycles. The standard InChI is InChI=1S/C16H18N4O/c1-12-9-18-11-19-15(12)13-4-7-20(8-5-13)16(21)14-3-2-6-17-10-14/h2-3,6,9-11,13H,4-5,7-8H2,1H3. The third-order valence-electron chi connectivity index (χ3n) is 4.01. The average molecular weight is 282 g/mol. The molecule has 1 saturated heterocycles. The van der Waals surface area contributed by atoms with E-state index < -0.39 is 0 Å². The maximum atomic E-state index is 12.4. The van der Waals surface area contributed by atoms with Crippen molar-refractivity contribution in [2.45, 2.75) is 25.7 Å². The van der Waals surface area contributed by atoms with Crippen molar-refractivity contribution in [3.05, 3.63) is 53.9 Å². The third-order valence-corrected chi connectivity index (χ3v) is 4.01. The molecule has 0 aromatic carbocycles. The average Bonchev–Trinajstić information content (AvgIpc) is 2.56. The number of piperidine rings is 1. The van der Waals surface area contributed by atoms with Crippen molar-refractivity contribution in [3.8, 4) is 0 Å². The van der Waals surface area contributed by atoms with Gasteiger partial charge in [0.25, 0.3) is 5.91 Å². The molecule has 0 atom stereocenters. The number of hydrogen-bond donors (Lipinski definition) is 0. The Hall–Kier alpha value is -2.30. The van der Waals surface area contributed by atoms with Crippen LogP contribution in [0.5, 0.6) is 0 Å². The first-order valence-electron chi connectivity index (χ1n) is 7.21. The molecule has 1 amide bonds. The second-order valence-corrected chi connectivity index (χ2v) is 5.40. The van der Waals surface area contributed by atoms with Gasteiger partial charge in [0.15, 0.2) is 0 Å². The summed E-state index contributed by atoms with van der Waals surface area (Å²) in [4.78, 5) is 26.7. The molecule has 0 saturated carbocycles. The van der Waals surface area contributed by atoms with E-state index in [9.17, 15) is 4.79 Å². The Bertz CT molecular complexity index is 621.